The number of benzene rings is 1. The van der Waals surface area contributed by atoms with Gasteiger partial charge in [-0.25, -0.2) is 9.97 Å². The first-order chi connectivity index (χ1) is 18.0. The number of hydrogen-bond donors (Lipinski definition) is 1. The van der Waals surface area contributed by atoms with Crippen LogP contribution in [0.1, 0.15) is 37.7 Å². The topological polar surface area (TPSA) is 111 Å². The molecule has 37 heavy (non-hydrogen) atoms. The van der Waals surface area contributed by atoms with Gasteiger partial charge in [0, 0.05) is 43.3 Å². The van der Waals surface area contributed by atoms with Crippen LogP contribution in [0.4, 0.5) is 11.9 Å². The van der Waals surface area contributed by atoms with Crippen molar-refractivity contribution < 1.29 is 0 Å². The van der Waals surface area contributed by atoms with E-state index < -0.39 is 0 Å². The molecule has 0 aliphatic carbocycles. The molecule has 0 unspecified atom stereocenters. The minimum absolute atomic E-state index is 0.0894. The molecule has 190 valence electrons. The third kappa shape index (κ3) is 4.19. The van der Waals surface area contributed by atoms with Crippen molar-refractivity contribution in [3.05, 3.63) is 46.1 Å². The lowest BCUT2D eigenvalue weighted by atomic mass is 10.1. The van der Waals surface area contributed by atoms with Crippen molar-refractivity contribution in [1.82, 2.24) is 29.1 Å². The molecule has 0 amide bonds. The summed E-state index contributed by atoms with van der Waals surface area (Å²) in [7, 11) is 0. The summed E-state index contributed by atoms with van der Waals surface area (Å²) in [5, 5.41) is 1.05. The SMILES string of the molecule is CC#CCn1c(N2CCC[C@@H](N)C2)nc2c1c(=O)nc1n2CCCN1Cc1nc(C)c2ccccc2n1. The average Bonchev–Trinajstić information content (AvgIpc) is 3.28. The smallest absolute Gasteiger partial charge is 0.300 e. The molecule has 2 aliphatic rings. The van der Waals surface area contributed by atoms with Crippen molar-refractivity contribution in [2.24, 2.45) is 5.73 Å². The highest BCUT2D eigenvalue weighted by atomic mass is 16.1. The number of rotatable bonds is 4. The zero-order valence-electron chi connectivity index (χ0n) is 21.3. The van der Waals surface area contributed by atoms with E-state index in [4.69, 9.17) is 20.7 Å². The Morgan fingerprint density at radius 2 is 1.92 bits per heavy atom. The van der Waals surface area contributed by atoms with E-state index in [0.717, 1.165) is 61.4 Å². The zero-order valence-corrected chi connectivity index (χ0v) is 21.3. The summed E-state index contributed by atoms with van der Waals surface area (Å²) < 4.78 is 3.98. The molecule has 0 bridgehead atoms. The van der Waals surface area contributed by atoms with Crippen LogP contribution in [0.5, 0.6) is 0 Å². The van der Waals surface area contributed by atoms with Crippen molar-refractivity contribution in [2.75, 3.05) is 29.4 Å². The molecule has 10 heteroatoms. The van der Waals surface area contributed by atoms with Crippen LogP contribution in [-0.4, -0.2) is 54.7 Å². The van der Waals surface area contributed by atoms with E-state index in [1.807, 2.05) is 35.8 Å². The quantitative estimate of drug-likeness (QED) is 0.427. The van der Waals surface area contributed by atoms with Gasteiger partial charge in [0.05, 0.1) is 18.6 Å². The number of fused-ring (bicyclic) bond motifs is 4. The first-order valence-corrected chi connectivity index (χ1v) is 12.9. The minimum Gasteiger partial charge on any atom is -0.341 e. The molecule has 0 spiro atoms. The van der Waals surface area contributed by atoms with Crippen molar-refractivity contribution in [1.29, 1.82) is 0 Å². The second kappa shape index (κ2) is 9.48. The summed E-state index contributed by atoms with van der Waals surface area (Å²) in [6, 6.07) is 8.11. The summed E-state index contributed by atoms with van der Waals surface area (Å²) >= 11 is 0. The van der Waals surface area contributed by atoms with Gasteiger partial charge in [0.15, 0.2) is 11.2 Å². The van der Waals surface area contributed by atoms with Gasteiger partial charge in [-0.3, -0.25) is 13.9 Å². The highest BCUT2D eigenvalue weighted by Crippen LogP contribution is 2.28. The lowest BCUT2D eigenvalue weighted by Crippen LogP contribution is -2.44. The highest BCUT2D eigenvalue weighted by molar-refractivity contribution is 5.80. The fourth-order valence-electron chi connectivity index (χ4n) is 5.52. The Bertz CT molecular complexity index is 1610. The van der Waals surface area contributed by atoms with E-state index in [1.54, 1.807) is 6.92 Å². The van der Waals surface area contributed by atoms with Gasteiger partial charge in [0.25, 0.3) is 0 Å². The molecule has 4 aromatic rings. The summed E-state index contributed by atoms with van der Waals surface area (Å²) in [5.74, 6) is 8.14. The Kier molecular flexibility index (Phi) is 6.00. The number of nitrogens with zero attached hydrogens (tertiary/aromatic N) is 8. The van der Waals surface area contributed by atoms with E-state index >= 15 is 0 Å². The lowest BCUT2D eigenvalue weighted by molar-refractivity contribution is 0.496. The lowest BCUT2D eigenvalue weighted by Gasteiger charge is -2.31. The molecule has 6 rings (SSSR count). The van der Waals surface area contributed by atoms with Gasteiger partial charge in [-0.1, -0.05) is 24.1 Å². The van der Waals surface area contributed by atoms with Crippen LogP contribution >= 0.6 is 0 Å². The number of anilines is 2. The molecular weight excluding hydrogens is 466 g/mol. The Hall–Kier alpha value is -3.97. The molecular formula is C27H31N9O. The molecule has 3 aromatic heterocycles. The minimum atomic E-state index is -0.290. The Balaban J connectivity index is 1.44. The van der Waals surface area contributed by atoms with Crippen LogP contribution in [-0.2, 0) is 19.6 Å². The van der Waals surface area contributed by atoms with Gasteiger partial charge in [-0.15, -0.1) is 5.92 Å². The first-order valence-electron chi connectivity index (χ1n) is 12.9. The molecule has 0 saturated carbocycles. The van der Waals surface area contributed by atoms with Crippen LogP contribution in [0.15, 0.2) is 29.1 Å². The summed E-state index contributed by atoms with van der Waals surface area (Å²) in [5.41, 5.74) is 9.01. The van der Waals surface area contributed by atoms with E-state index in [0.29, 0.717) is 42.6 Å². The van der Waals surface area contributed by atoms with Crippen LogP contribution in [0.25, 0.3) is 22.1 Å². The fraction of sp³-hybridized carbons (Fsp3) is 0.444. The molecule has 2 N–H and O–H groups in total. The van der Waals surface area contributed by atoms with Crippen molar-refractivity contribution in [2.45, 2.75) is 58.8 Å². The largest absolute Gasteiger partial charge is 0.341 e. The van der Waals surface area contributed by atoms with Crippen molar-refractivity contribution in [3.63, 3.8) is 0 Å². The van der Waals surface area contributed by atoms with E-state index in [9.17, 15) is 4.79 Å². The number of nitrogens with two attached hydrogens (primary N) is 1. The van der Waals surface area contributed by atoms with E-state index in [2.05, 4.69) is 31.2 Å². The normalized spacial score (nSPS) is 17.6. The molecule has 10 nitrogen and oxygen atoms in total. The first kappa shape index (κ1) is 23.4. The zero-order chi connectivity index (χ0) is 25.5. The summed E-state index contributed by atoms with van der Waals surface area (Å²) in [4.78, 5) is 36.9. The van der Waals surface area contributed by atoms with Crippen LogP contribution in [0, 0.1) is 18.8 Å². The molecule has 5 heterocycles. The highest BCUT2D eigenvalue weighted by Gasteiger charge is 2.29. The number of imidazole rings is 1. The molecule has 1 saturated heterocycles. The van der Waals surface area contributed by atoms with Crippen molar-refractivity contribution >= 4 is 34.0 Å². The molecule has 2 aliphatic heterocycles. The van der Waals surface area contributed by atoms with Gasteiger partial charge < -0.3 is 15.5 Å². The monoisotopic (exact) mass is 497 g/mol. The number of para-hydroxylation sites is 1. The predicted molar refractivity (Wildman–Crippen MR) is 145 cm³/mol. The maximum atomic E-state index is 13.5. The van der Waals surface area contributed by atoms with Crippen molar-refractivity contribution in [3.8, 4) is 11.8 Å². The van der Waals surface area contributed by atoms with Crippen LogP contribution in [0.2, 0.25) is 0 Å². The van der Waals surface area contributed by atoms with Gasteiger partial charge in [-0.05, 0) is 39.2 Å². The van der Waals surface area contributed by atoms with Gasteiger partial charge in [0.2, 0.25) is 11.9 Å². The standard InChI is InChI=1S/C27H31N9O/c1-3-4-14-35-23-24(31-26(35)33-12-7-9-19(28)16-33)36-15-8-13-34(27(36)32-25(23)37)17-22-29-18(2)20-10-5-6-11-21(20)30-22/h5-6,10-11,19H,7-9,12-17,28H2,1-2H3/t19-/m1/s1. The maximum Gasteiger partial charge on any atom is 0.300 e. The molecule has 1 atom stereocenters. The van der Waals surface area contributed by atoms with Crippen LogP contribution in [0.3, 0.4) is 0 Å². The number of aromatic nitrogens is 6. The molecule has 1 fully saturated rings. The third-order valence-electron chi connectivity index (χ3n) is 7.25. The second-order valence-corrected chi connectivity index (χ2v) is 9.83. The Morgan fingerprint density at radius 1 is 1.05 bits per heavy atom. The number of aryl methyl sites for hydroxylation is 2. The maximum absolute atomic E-state index is 13.5. The molecule has 0 radical (unpaired) electrons. The van der Waals surface area contributed by atoms with Gasteiger partial charge in [-0.2, -0.15) is 9.97 Å². The molecule has 1 aromatic carbocycles. The summed E-state index contributed by atoms with van der Waals surface area (Å²) in [6.45, 7) is 7.74. The third-order valence-corrected chi connectivity index (χ3v) is 7.25. The van der Waals surface area contributed by atoms with Gasteiger partial charge >= 0.3 is 5.56 Å². The fourth-order valence-corrected chi connectivity index (χ4v) is 5.52. The van der Waals surface area contributed by atoms with Crippen LogP contribution < -0.4 is 21.1 Å². The average molecular weight is 498 g/mol. The number of hydrogen-bond acceptors (Lipinski definition) is 8. The number of piperidine rings is 1. The van der Waals surface area contributed by atoms with Gasteiger partial charge in [0.1, 0.15) is 5.82 Å². The Labute approximate surface area is 215 Å². The Morgan fingerprint density at radius 3 is 2.76 bits per heavy atom. The second-order valence-electron chi connectivity index (χ2n) is 9.83. The summed E-state index contributed by atoms with van der Waals surface area (Å²) in [6.07, 6.45) is 2.90. The van der Waals surface area contributed by atoms with E-state index in [-0.39, 0.29) is 11.6 Å². The predicted octanol–water partition coefficient (Wildman–Crippen LogP) is 2.21. The van der Waals surface area contributed by atoms with E-state index in [1.165, 1.54) is 0 Å².